The van der Waals surface area contributed by atoms with Gasteiger partial charge in [-0.1, -0.05) is 18.2 Å². The van der Waals surface area contributed by atoms with Crippen LogP contribution in [0, 0.1) is 28.9 Å². The second kappa shape index (κ2) is 5.47. The standard InChI is InChI=1S/C15H14N2O6/c1-7-2-3-8(6-9(7)17(21)22)16-14(18)12-10-4-5-11(23-10)13(12)15(19)20/h2-6,10-13H,1H3,(H,16,18)(H,19,20)/p-1/t10-,11+,12+,13-/m0/s1. The van der Waals surface area contributed by atoms with Crippen LogP contribution in [0.1, 0.15) is 5.56 Å². The van der Waals surface area contributed by atoms with E-state index in [1.807, 2.05) is 0 Å². The summed E-state index contributed by atoms with van der Waals surface area (Å²) in [6, 6.07) is 4.28. The summed E-state index contributed by atoms with van der Waals surface area (Å²) in [6.45, 7) is 1.59. The number of rotatable bonds is 4. The molecule has 3 rings (SSSR count). The molecule has 1 aromatic rings. The second-order valence-electron chi connectivity index (χ2n) is 5.57. The van der Waals surface area contributed by atoms with E-state index in [4.69, 9.17) is 4.74 Å². The largest absolute Gasteiger partial charge is 0.550 e. The molecular weight excluding hydrogens is 304 g/mol. The number of nitrogens with zero attached hydrogens (tertiary/aromatic N) is 1. The number of carbonyl (C=O) groups excluding carboxylic acids is 2. The van der Waals surface area contributed by atoms with Crippen molar-refractivity contribution < 1.29 is 24.4 Å². The summed E-state index contributed by atoms with van der Waals surface area (Å²) in [7, 11) is 0. The third-order valence-electron chi connectivity index (χ3n) is 4.15. The van der Waals surface area contributed by atoms with Crippen LogP contribution in [0.25, 0.3) is 0 Å². The minimum atomic E-state index is -1.35. The highest BCUT2D eigenvalue weighted by molar-refractivity contribution is 5.96. The topological polar surface area (TPSA) is 122 Å². The molecule has 4 atom stereocenters. The lowest BCUT2D eigenvalue weighted by atomic mass is 9.82. The first-order valence-corrected chi connectivity index (χ1v) is 6.99. The number of aliphatic carboxylic acids is 1. The molecule has 0 aromatic heterocycles. The van der Waals surface area contributed by atoms with Crippen molar-refractivity contribution >= 4 is 23.3 Å². The Kier molecular flexibility index (Phi) is 3.61. The first kappa shape index (κ1) is 15.2. The van der Waals surface area contributed by atoms with Crippen LogP contribution in [0.15, 0.2) is 30.4 Å². The van der Waals surface area contributed by atoms with Gasteiger partial charge in [0.25, 0.3) is 5.69 Å². The zero-order chi connectivity index (χ0) is 16.7. The first-order valence-electron chi connectivity index (χ1n) is 6.99. The van der Waals surface area contributed by atoms with E-state index in [2.05, 4.69) is 5.32 Å². The van der Waals surface area contributed by atoms with E-state index in [0.717, 1.165) is 0 Å². The molecule has 0 aliphatic carbocycles. The van der Waals surface area contributed by atoms with Gasteiger partial charge in [0.05, 0.1) is 23.0 Å². The predicted octanol–water partition coefficient (Wildman–Crippen LogP) is 0.161. The van der Waals surface area contributed by atoms with Crippen molar-refractivity contribution in [3.05, 3.63) is 46.0 Å². The molecule has 1 N–H and O–H groups in total. The van der Waals surface area contributed by atoms with Crippen LogP contribution < -0.4 is 10.4 Å². The van der Waals surface area contributed by atoms with Crippen LogP contribution >= 0.6 is 0 Å². The molecule has 0 saturated carbocycles. The van der Waals surface area contributed by atoms with Crippen molar-refractivity contribution in [2.75, 3.05) is 5.32 Å². The van der Waals surface area contributed by atoms with Gasteiger partial charge in [-0.15, -0.1) is 0 Å². The van der Waals surface area contributed by atoms with Crippen LogP contribution in [0.4, 0.5) is 11.4 Å². The summed E-state index contributed by atoms with van der Waals surface area (Å²) in [4.78, 5) is 34.0. The fourth-order valence-electron chi connectivity index (χ4n) is 3.01. The van der Waals surface area contributed by atoms with Crippen LogP contribution in [0.3, 0.4) is 0 Å². The van der Waals surface area contributed by atoms with Crippen molar-refractivity contribution in [1.29, 1.82) is 0 Å². The third-order valence-corrected chi connectivity index (χ3v) is 4.15. The number of carboxylic acids is 1. The molecular formula is C15H13N2O6-. The average molecular weight is 317 g/mol. The van der Waals surface area contributed by atoms with Crippen molar-refractivity contribution in [2.45, 2.75) is 19.1 Å². The maximum Gasteiger partial charge on any atom is 0.274 e. The molecule has 23 heavy (non-hydrogen) atoms. The molecule has 2 bridgehead atoms. The van der Waals surface area contributed by atoms with Gasteiger partial charge in [-0.2, -0.15) is 0 Å². The smallest absolute Gasteiger partial charge is 0.274 e. The molecule has 1 saturated heterocycles. The molecule has 2 heterocycles. The molecule has 2 aliphatic rings. The molecule has 8 heteroatoms. The van der Waals surface area contributed by atoms with Gasteiger partial charge in [0.15, 0.2) is 0 Å². The Bertz CT molecular complexity index is 729. The number of nitrogens with one attached hydrogen (secondary N) is 1. The van der Waals surface area contributed by atoms with Gasteiger partial charge in [-0.05, 0) is 13.0 Å². The van der Waals surface area contributed by atoms with Crippen LogP contribution in [0.5, 0.6) is 0 Å². The van der Waals surface area contributed by atoms with Crippen molar-refractivity contribution in [3.63, 3.8) is 0 Å². The van der Waals surface area contributed by atoms with Crippen molar-refractivity contribution in [2.24, 2.45) is 11.8 Å². The summed E-state index contributed by atoms with van der Waals surface area (Å²) in [6.07, 6.45) is 1.95. The molecule has 8 nitrogen and oxygen atoms in total. The Morgan fingerprint density at radius 1 is 1.22 bits per heavy atom. The molecule has 1 fully saturated rings. The Balaban J connectivity index is 1.82. The molecule has 0 radical (unpaired) electrons. The second-order valence-corrected chi connectivity index (χ2v) is 5.57. The van der Waals surface area contributed by atoms with E-state index < -0.39 is 40.8 Å². The highest BCUT2D eigenvalue weighted by atomic mass is 16.6. The number of amides is 1. The van der Waals surface area contributed by atoms with Crippen molar-refractivity contribution in [3.8, 4) is 0 Å². The quantitative estimate of drug-likeness (QED) is 0.479. The summed E-state index contributed by atoms with van der Waals surface area (Å²) < 4.78 is 5.40. The van der Waals surface area contributed by atoms with E-state index in [1.165, 1.54) is 18.2 Å². The zero-order valence-corrected chi connectivity index (χ0v) is 12.1. The summed E-state index contributed by atoms with van der Waals surface area (Å²) in [5.41, 5.74) is 0.575. The lowest BCUT2D eigenvalue weighted by Crippen LogP contribution is -2.45. The van der Waals surface area contributed by atoms with Crippen LogP contribution in [0.2, 0.25) is 0 Å². The minimum Gasteiger partial charge on any atom is -0.550 e. The van der Waals surface area contributed by atoms with E-state index in [9.17, 15) is 24.8 Å². The first-order chi connectivity index (χ1) is 10.9. The number of fused-ring (bicyclic) bond motifs is 2. The fraction of sp³-hybridized carbons (Fsp3) is 0.333. The van der Waals surface area contributed by atoms with E-state index in [-0.39, 0.29) is 11.4 Å². The SMILES string of the molecule is Cc1ccc(NC(=O)[C@H]2[C@@H](C(=O)[O-])[C@H]3C=C[C@@H]2O3)cc1[N+](=O)[O-]. The van der Waals surface area contributed by atoms with Crippen molar-refractivity contribution in [1.82, 2.24) is 0 Å². The Morgan fingerprint density at radius 2 is 1.87 bits per heavy atom. The lowest BCUT2D eigenvalue weighted by Gasteiger charge is -2.24. The molecule has 120 valence electrons. The number of benzene rings is 1. The Labute approximate surface area is 130 Å². The predicted molar refractivity (Wildman–Crippen MR) is 76.3 cm³/mol. The van der Waals surface area contributed by atoms with Gasteiger partial charge in [0, 0.05) is 29.2 Å². The molecule has 0 unspecified atom stereocenters. The summed E-state index contributed by atoms with van der Waals surface area (Å²) in [5.74, 6) is -3.90. The molecule has 1 aromatic carbocycles. The van der Waals surface area contributed by atoms with Gasteiger partial charge in [0.1, 0.15) is 0 Å². The molecule has 1 amide bonds. The number of nitro benzene ring substituents is 1. The van der Waals surface area contributed by atoms with E-state index in [1.54, 1.807) is 19.1 Å². The maximum absolute atomic E-state index is 12.4. The number of nitro groups is 1. The highest BCUT2D eigenvalue weighted by Crippen LogP contribution is 2.39. The molecule has 0 spiro atoms. The van der Waals surface area contributed by atoms with Gasteiger partial charge >= 0.3 is 0 Å². The van der Waals surface area contributed by atoms with E-state index >= 15 is 0 Å². The van der Waals surface area contributed by atoms with Crippen LogP contribution in [-0.2, 0) is 14.3 Å². The van der Waals surface area contributed by atoms with Gasteiger partial charge < -0.3 is 20.0 Å². The Morgan fingerprint density at radius 3 is 2.48 bits per heavy atom. The minimum absolute atomic E-state index is 0.122. The monoisotopic (exact) mass is 317 g/mol. The number of anilines is 1. The van der Waals surface area contributed by atoms with E-state index in [0.29, 0.717) is 5.56 Å². The lowest BCUT2D eigenvalue weighted by molar-refractivity contribution is -0.385. The Hall–Kier alpha value is -2.74. The highest BCUT2D eigenvalue weighted by Gasteiger charge is 2.50. The number of aryl methyl sites for hydroxylation is 1. The normalized spacial score (nSPS) is 27.9. The van der Waals surface area contributed by atoms with Gasteiger partial charge in [-0.3, -0.25) is 14.9 Å². The summed E-state index contributed by atoms with van der Waals surface area (Å²) >= 11 is 0. The van der Waals surface area contributed by atoms with Gasteiger partial charge in [0.2, 0.25) is 5.91 Å². The average Bonchev–Trinajstić information content (AvgIpc) is 3.09. The number of carboxylic acid groups (broad SMARTS) is 1. The summed E-state index contributed by atoms with van der Waals surface area (Å²) in [5, 5.41) is 24.7. The zero-order valence-electron chi connectivity index (χ0n) is 12.1. The fourth-order valence-corrected chi connectivity index (χ4v) is 3.01. The maximum atomic E-state index is 12.4. The third kappa shape index (κ3) is 2.57. The van der Waals surface area contributed by atoms with Crippen LogP contribution in [-0.4, -0.2) is 29.0 Å². The number of hydrogen-bond donors (Lipinski definition) is 1. The number of ether oxygens (including phenoxy) is 1. The van der Waals surface area contributed by atoms with Gasteiger partial charge in [-0.25, -0.2) is 0 Å². The number of carbonyl (C=O) groups is 2. The molecule has 2 aliphatic heterocycles. The number of hydrogen-bond acceptors (Lipinski definition) is 6.